The number of esters is 1. The van der Waals surface area contributed by atoms with E-state index in [9.17, 15) is 35.4 Å². The summed E-state index contributed by atoms with van der Waals surface area (Å²) >= 11 is 0. The summed E-state index contributed by atoms with van der Waals surface area (Å²) in [5, 5.41) is 69.5. The lowest BCUT2D eigenvalue weighted by Crippen LogP contribution is -2.71. The molecule has 8 rings (SSSR count). The molecule has 7 N–H and O–H groups in total. The molecule has 0 bridgehead atoms. The number of aromatic amines is 1. The number of phenolic OH excluding ortho intramolecular Hbond substituents is 1. The third-order valence-electron chi connectivity index (χ3n) is 10.8. The van der Waals surface area contributed by atoms with Gasteiger partial charge >= 0.3 is 5.97 Å². The highest BCUT2D eigenvalue weighted by atomic mass is 16.7. The van der Waals surface area contributed by atoms with Crippen molar-refractivity contribution in [2.45, 2.75) is 68.1 Å². The van der Waals surface area contributed by atoms with Gasteiger partial charge in [-0.1, -0.05) is 42.5 Å². The number of hydrogen-bond donors (Lipinski definition) is 7. The molecule has 48 heavy (non-hydrogen) atoms. The molecule has 3 fully saturated rings. The number of aromatic hydroxyl groups is 1. The Morgan fingerprint density at radius 1 is 0.979 bits per heavy atom. The molecule has 2 aliphatic heterocycles. The monoisotopic (exact) mass is 655 g/mol. The standard InChI is InChI=1S/C37H37NO10/c39-17-23(13-19-5-9-25(41)10-6-19)29-16-24-8-12-30(42)37(45)36(24,44)34(46-29)33(48-37)35(43)47-32-28(18-40)38-27-11-7-22-14-20-3-1-2-4-21(20)15-26(22)31(27)32/h1-7,9-11,14-15,23-24,29-30,33-34,38-42,44-45H,8,12-13,16-18H2/t23-,24+,29-,30+,33+,34-,36+,37-/m0/s1. The summed E-state index contributed by atoms with van der Waals surface area (Å²) < 4.78 is 18.4. The molecule has 250 valence electrons. The van der Waals surface area contributed by atoms with Gasteiger partial charge in [0.05, 0.1) is 29.3 Å². The first kappa shape index (κ1) is 31.2. The van der Waals surface area contributed by atoms with Crippen LogP contribution >= 0.6 is 0 Å². The third-order valence-corrected chi connectivity index (χ3v) is 10.8. The molecule has 11 nitrogen and oxygen atoms in total. The molecular formula is C37H37NO10. The molecule has 0 radical (unpaired) electrons. The number of ether oxygens (including phenoxy) is 3. The minimum absolute atomic E-state index is 0.0841. The minimum Gasteiger partial charge on any atom is -0.508 e. The first-order chi connectivity index (χ1) is 23.1. The Balaban J connectivity index is 1.17. The molecule has 1 saturated carbocycles. The topological polar surface area (TPSA) is 182 Å². The lowest BCUT2D eigenvalue weighted by molar-refractivity contribution is -0.349. The number of fused-ring (bicyclic) bond motifs is 4. The molecule has 3 heterocycles. The first-order valence-electron chi connectivity index (χ1n) is 16.3. The van der Waals surface area contributed by atoms with E-state index < -0.39 is 60.2 Å². The molecule has 1 aromatic heterocycles. The lowest BCUT2D eigenvalue weighted by Gasteiger charge is -2.54. The maximum absolute atomic E-state index is 14.2. The van der Waals surface area contributed by atoms with Crippen LogP contribution in [0.3, 0.4) is 0 Å². The number of H-pyrrole nitrogens is 1. The van der Waals surface area contributed by atoms with Crippen LogP contribution < -0.4 is 4.74 Å². The van der Waals surface area contributed by atoms with E-state index in [-0.39, 0.29) is 36.6 Å². The van der Waals surface area contributed by atoms with Crippen molar-refractivity contribution in [2.24, 2.45) is 11.8 Å². The van der Waals surface area contributed by atoms with E-state index in [1.165, 1.54) is 0 Å². The smallest absolute Gasteiger partial charge is 0.343 e. The van der Waals surface area contributed by atoms with Gasteiger partial charge in [-0.25, -0.2) is 4.79 Å². The van der Waals surface area contributed by atoms with Gasteiger partial charge in [-0.3, -0.25) is 0 Å². The van der Waals surface area contributed by atoms with Crippen LogP contribution in [-0.2, 0) is 27.3 Å². The normalized spacial score (nSPS) is 30.5. The quantitative estimate of drug-likeness (QED) is 0.102. The summed E-state index contributed by atoms with van der Waals surface area (Å²) in [6, 6.07) is 22.3. The van der Waals surface area contributed by atoms with Gasteiger partial charge in [0.25, 0.3) is 0 Å². The van der Waals surface area contributed by atoms with Crippen molar-refractivity contribution in [2.75, 3.05) is 6.61 Å². The predicted octanol–water partition coefficient (Wildman–Crippen LogP) is 3.18. The van der Waals surface area contributed by atoms with Crippen molar-refractivity contribution in [3.8, 4) is 11.5 Å². The Labute approximate surface area is 274 Å². The Morgan fingerprint density at radius 3 is 2.46 bits per heavy atom. The second-order valence-electron chi connectivity index (χ2n) is 13.4. The van der Waals surface area contributed by atoms with E-state index in [0.717, 1.165) is 27.1 Å². The molecule has 2 saturated heterocycles. The molecule has 1 aliphatic carbocycles. The number of rotatable bonds is 7. The maximum Gasteiger partial charge on any atom is 0.343 e. The molecule has 0 unspecified atom stereocenters. The zero-order valence-corrected chi connectivity index (χ0v) is 26.0. The predicted molar refractivity (Wildman–Crippen MR) is 174 cm³/mol. The Bertz CT molecular complexity index is 2030. The van der Waals surface area contributed by atoms with E-state index in [0.29, 0.717) is 23.7 Å². The van der Waals surface area contributed by atoms with E-state index in [1.807, 2.05) is 48.5 Å². The molecule has 11 heteroatoms. The summed E-state index contributed by atoms with van der Waals surface area (Å²) in [5.74, 6) is -4.36. The Morgan fingerprint density at radius 2 is 1.73 bits per heavy atom. The lowest BCUT2D eigenvalue weighted by atomic mass is 9.63. The Hall–Kier alpha value is -4.07. The minimum atomic E-state index is -2.51. The van der Waals surface area contributed by atoms with Gasteiger partial charge in [-0.2, -0.15) is 0 Å². The van der Waals surface area contributed by atoms with Gasteiger partial charge in [0.1, 0.15) is 18.0 Å². The summed E-state index contributed by atoms with van der Waals surface area (Å²) in [6.45, 7) is -0.729. The first-order valence-corrected chi connectivity index (χ1v) is 16.3. The van der Waals surface area contributed by atoms with Crippen LogP contribution in [0, 0.1) is 11.8 Å². The van der Waals surface area contributed by atoms with E-state index in [1.54, 1.807) is 24.3 Å². The average molecular weight is 656 g/mol. The van der Waals surface area contributed by atoms with Crippen LogP contribution in [-0.4, -0.2) is 84.0 Å². The van der Waals surface area contributed by atoms with Crippen LogP contribution in [0.2, 0.25) is 0 Å². The van der Waals surface area contributed by atoms with Gasteiger partial charge in [0.15, 0.2) is 17.5 Å². The van der Waals surface area contributed by atoms with Gasteiger partial charge in [0, 0.05) is 12.5 Å². The van der Waals surface area contributed by atoms with Gasteiger partial charge < -0.3 is 49.8 Å². The van der Waals surface area contributed by atoms with E-state index in [4.69, 9.17) is 14.2 Å². The summed E-state index contributed by atoms with van der Waals surface area (Å²) in [5.41, 5.74) is -0.412. The maximum atomic E-state index is 14.2. The molecule has 4 aromatic carbocycles. The SMILES string of the molecule is O=C(Oc1c(CO)[nH]c2ccc3cc4ccccc4cc3c12)[C@@H]1O[C@@]2(O)[C@H](O)CC[C@@H]3C[C@@H]([C@H](CO)Cc4ccc(O)cc4)O[C@@H]1[C@]32O. The van der Waals surface area contributed by atoms with Crippen molar-refractivity contribution in [3.05, 3.63) is 84.1 Å². The fourth-order valence-corrected chi connectivity index (χ4v) is 8.27. The van der Waals surface area contributed by atoms with Crippen LogP contribution in [0.15, 0.2) is 72.8 Å². The van der Waals surface area contributed by atoms with Crippen molar-refractivity contribution in [3.63, 3.8) is 0 Å². The number of benzene rings is 4. The second kappa shape index (κ2) is 11.5. The van der Waals surface area contributed by atoms with Crippen LogP contribution in [0.25, 0.3) is 32.4 Å². The molecule has 5 aromatic rings. The summed E-state index contributed by atoms with van der Waals surface area (Å²) in [4.78, 5) is 17.3. The van der Waals surface area contributed by atoms with Crippen molar-refractivity contribution in [1.82, 2.24) is 4.98 Å². The highest BCUT2D eigenvalue weighted by Crippen LogP contribution is 2.57. The summed E-state index contributed by atoms with van der Waals surface area (Å²) in [7, 11) is 0. The highest BCUT2D eigenvalue weighted by Gasteiger charge is 2.76. The van der Waals surface area contributed by atoms with Crippen LogP contribution in [0.1, 0.15) is 30.5 Å². The molecule has 0 spiro atoms. The largest absolute Gasteiger partial charge is 0.508 e. The molecule has 3 aliphatic rings. The number of nitrogens with one attached hydrogen (secondary N) is 1. The number of aromatic nitrogens is 1. The number of hydrogen-bond acceptors (Lipinski definition) is 10. The number of aliphatic hydroxyl groups excluding tert-OH is 3. The van der Waals surface area contributed by atoms with E-state index in [2.05, 4.69) is 4.98 Å². The second-order valence-corrected chi connectivity index (χ2v) is 13.4. The Kier molecular flexibility index (Phi) is 7.49. The van der Waals surface area contributed by atoms with Crippen molar-refractivity contribution >= 4 is 38.4 Å². The number of carbonyl (C=O) groups excluding carboxylic acids is 1. The van der Waals surface area contributed by atoms with Crippen molar-refractivity contribution in [1.29, 1.82) is 0 Å². The average Bonchev–Trinajstić information content (AvgIpc) is 3.57. The summed E-state index contributed by atoms with van der Waals surface area (Å²) in [6.07, 6.45) is -4.16. The molecule has 0 amide bonds. The van der Waals surface area contributed by atoms with Crippen molar-refractivity contribution < 1.29 is 49.6 Å². The van der Waals surface area contributed by atoms with Crippen LogP contribution in [0.4, 0.5) is 0 Å². The fourth-order valence-electron chi connectivity index (χ4n) is 8.27. The number of carbonyl (C=O) groups is 1. The number of phenols is 1. The van der Waals surface area contributed by atoms with Gasteiger partial charge in [-0.15, -0.1) is 0 Å². The van der Waals surface area contributed by atoms with Gasteiger partial charge in [0.2, 0.25) is 5.79 Å². The van der Waals surface area contributed by atoms with Gasteiger partial charge in [-0.05, 0) is 89.0 Å². The molecule has 8 atom stereocenters. The highest BCUT2D eigenvalue weighted by molar-refractivity contribution is 6.14. The number of aliphatic hydroxyl groups is 5. The zero-order valence-electron chi connectivity index (χ0n) is 26.0. The van der Waals surface area contributed by atoms with Crippen LogP contribution in [0.5, 0.6) is 11.5 Å². The van der Waals surface area contributed by atoms with E-state index >= 15 is 0 Å². The zero-order chi connectivity index (χ0) is 33.4. The third kappa shape index (κ3) is 4.65. The molecular weight excluding hydrogens is 618 g/mol. The fraction of sp³-hybridized carbons (Fsp3) is 0.378.